The molecule has 0 unspecified atom stereocenters. The van der Waals surface area contributed by atoms with Crippen LogP contribution in [0.3, 0.4) is 0 Å². The molecule has 0 aliphatic carbocycles. The number of rotatable bonds is 4. The number of hydrogen-bond acceptors (Lipinski definition) is 7. The summed E-state index contributed by atoms with van der Waals surface area (Å²) in [5, 5.41) is 13.4. The summed E-state index contributed by atoms with van der Waals surface area (Å²) in [6.07, 6.45) is 1.19. The van der Waals surface area contributed by atoms with E-state index in [4.69, 9.17) is 16.9 Å². The average molecular weight is 271 g/mol. The van der Waals surface area contributed by atoms with Crippen molar-refractivity contribution in [2.24, 2.45) is 0 Å². The number of nitrogens with one attached hydrogen (secondary N) is 3. The van der Waals surface area contributed by atoms with Crippen LogP contribution in [0.4, 0.5) is 28.8 Å². The second-order valence-corrected chi connectivity index (χ2v) is 4.22. The lowest BCUT2D eigenvalue weighted by molar-refractivity contribution is 1.11. The first-order valence-electron chi connectivity index (χ1n) is 6.04. The molecule has 1 aromatic heterocycles. The first-order valence-corrected chi connectivity index (χ1v) is 6.04. The van der Waals surface area contributed by atoms with Gasteiger partial charge in [-0.2, -0.15) is 4.98 Å². The minimum atomic E-state index is 0.364. The van der Waals surface area contributed by atoms with Crippen LogP contribution in [-0.2, 0) is 0 Å². The van der Waals surface area contributed by atoms with Crippen LogP contribution in [0.2, 0.25) is 0 Å². The predicted octanol–water partition coefficient (Wildman–Crippen LogP) is 1.73. The number of anilines is 5. The van der Waals surface area contributed by atoms with E-state index in [9.17, 15) is 0 Å². The summed E-state index contributed by atoms with van der Waals surface area (Å²) in [6, 6.07) is 5.33. The zero-order chi connectivity index (χ0) is 14.7. The molecule has 0 saturated carbocycles. The lowest BCUT2D eigenvalue weighted by atomic mass is 10.1. The molecule has 0 spiro atoms. The Hall–Kier alpha value is -2.83. The van der Waals surface area contributed by atoms with Gasteiger partial charge in [0.15, 0.2) is 5.82 Å². The quantitative estimate of drug-likeness (QED) is 0.426. The highest BCUT2D eigenvalue weighted by atomic mass is 15.1. The fraction of sp³-hybridized carbons (Fsp3) is 0.154. The van der Waals surface area contributed by atoms with Gasteiger partial charge in [-0.3, -0.25) is 0 Å². The molecule has 0 aliphatic heterocycles. The van der Waals surface area contributed by atoms with E-state index in [1.807, 2.05) is 6.92 Å². The van der Waals surface area contributed by atoms with E-state index in [0.717, 1.165) is 5.69 Å². The van der Waals surface area contributed by atoms with E-state index >= 15 is 0 Å². The first kappa shape index (κ1) is 13.6. The van der Waals surface area contributed by atoms with Crippen LogP contribution >= 0.6 is 0 Å². The standard InChI is InChI=1S/C13H17N7/c1-7-11(17-2)12(16)20-13(18-7)19-10-5-3-4-9(15)8(10)6-14/h3-6,14,17H,15H2,1-2H3,(H3,16,18,19,20). The monoisotopic (exact) mass is 271 g/mol. The van der Waals surface area contributed by atoms with Crippen molar-refractivity contribution >= 4 is 35.0 Å². The predicted molar refractivity (Wildman–Crippen MR) is 82.8 cm³/mol. The van der Waals surface area contributed by atoms with Crippen molar-refractivity contribution in [2.75, 3.05) is 29.1 Å². The third kappa shape index (κ3) is 2.46. The molecule has 2 rings (SSSR count). The third-order valence-corrected chi connectivity index (χ3v) is 2.90. The van der Waals surface area contributed by atoms with Crippen molar-refractivity contribution in [2.45, 2.75) is 6.92 Å². The minimum absolute atomic E-state index is 0.364. The van der Waals surface area contributed by atoms with Crippen molar-refractivity contribution in [1.29, 1.82) is 5.41 Å². The average Bonchev–Trinajstić information content (AvgIpc) is 2.38. The van der Waals surface area contributed by atoms with Crippen LogP contribution in [0.5, 0.6) is 0 Å². The molecule has 0 saturated heterocycles. The molecule has 0 aliphatic rings. The van der Waals surface area contributed by atoms with Gasteiger partial charge in [0.2, 0.25) is 5.95 Å². The summed E-state index contributed by atoms with van der Waals surface area (Å²) < 4.78 is 0. The summed E-state index contributed by atoms with van der Waals surface area (Å²) in [5.74, 6) is 0.732. The number of benzene rings is 1. The van der Waals surface area contributed by atoms with Gasteiger partial charge in [-0.25, -0.2) is 4.98 Å². The maximum atomic E-state index is 7.42. The fourth-order valence-corrected chi connectivity index (χ4v) is 1.93. The maximum absolute atomic E-state index is 7.42. The van der Waals surface area contributed by atoms with Gasteiger partial charge < -0.3 is 27.5 Å². The van der Waals surface area contributed by atoms with Gasteiger partial charge in [-0.1, -0.05) is 6.07 Å². The maximum Gasteiger partial charge on any atom is 0.229 e. The molecule has 7 N–H and O–H groups in total. The molecule has 20 heavy (non-hydrogen) atoms. The Bertz CT molecular complexity index is 628. The molecule has 0 bridgehead atoms. The number of aromatic nitrogens is 2. The Morgan fingerprint density at radius 1 is 1.25 bits per heavy atom. The zero-order valence-electron chi connectivity index (χ0n) is 11.4. The van der Waals surface area contributed by atoms with Gasteiger partial charge in [0.1, 0.15) is 0 Å². The van der Waals surface area contributed by atoms with Gasteiger partial charge in [0.05, 0.1) is 17.1 Å². The SMILES string of the molecule is CNc1c(C)nc(Nc2cccc(N)c2C=N)nc1N. The van der Waals surface area contributed by atoms with Crippen molar-refractivity contribution in [3.63, 3.8) is 0 Å². The molecule has 0 radical (unpaired) electrons. The first-order chi connectivity index (χ1) is 9.56. The van der Waals surface area contributed by atoms with E-state index < -0.39 is 0 Å². The molecule has 1 heterocycles. The van der Waals surface area contributed by atoms with E-state index in [1.165, 1.54) is 6.21 Å². The number of hydrogen-bond donors (Lipinski definition) is 5. The summed E-state index contributed by atoms with van der Waals surface area (Å²) in [6.45, 7) is 1.84. The van der Waals surface area contributed by atoms with E-state index in [-0.39, 0.29) is 0 Å². The molecule has 0 amide bonds. The Kier molecular flexibility index (Phi) is 3.69. The van der Waals surface area contributed by atoms with E-state index in [1.54, 1.807) is 25.2 Å². The Morgan fingerprint density at radius 3 is 2.60 bits per heavy atom. The van der Waals surface area contributed by atoms with Crippen molar-refractivity contribution < 1.29 is 0 Å². The second kappa shape index (κ2) is 5.43. The van der Waals surface area contributed by atoms with Gasteiger partial charge in [0, 0.05) is 24.5 Å². The largest absolute Gasteiger partial charge is 0.398 e. The zero-order valence-corrected chi connectivity index (χ0v) is 11.4. The molecule has 1 aromatic carbocycles. The molecular weight excluding hydrogens is 254 g/mol. The van der Waals surface area contributed by atoms with Crippen molar-refractivity contribution in [3.05, 3.63) is 29.5 Å². The molecule has 7 heteroatoms. The van der Waals surface area contributed by atoms with E-state index in [0.29, 0.717) is 34.4 Å². The van der Waals surface area contributed by atoms with Crippen molar-refractivity contribution in [1.82, 2.24) is 9.97 Å². The minimum Gasteiger partial charge on any atom is -0.398 e. The summed E-state index contributed by atoms with van der Waals surface area (Å²) in [4.78, 5) is 8.51. The van der Waals surface area contributed by atoms with Gasteiger partial charge >= 0.3 is 0 Å². The van der Waals surface area contributed by atoms with Crippen LogP contribution in [0, 0.1) is 12.3 Å². The molecule has 7 nitrogen and oxygen atoms in total. The van der Waals surface area contributed by atoms with E-state index in [2.05, 4.69) is 20.6 Å². The normalized spacial score (nSPS) is 10.1. The second-order valence-electron chi connectivity index (χ2n) is 4.22. The van der Waals surface area contributed by atoms with Crippen LogP contribution in [0.25, 0.3) is 0 Å². The Morgan fingerprint density at radius 2 is 2.00 bits per heavy atom. The van der Waals surface area contributed by atoms with Gasteiger partial charge in [-0.05, 0) is 19.1 Å². The summed E-state index contributed by atoms with van der Waals surface area (Å²) >= 11 is 0. The highest BCUT2D eigenvalue weighted by Crippen LogP contribution is 2.25. The van der Waals surface area contributed by atoms with Crippen LogP contribution < -0.4 is 22.1 Å². The number of aryl methyl sites for hydroxylation is 1. The number of nitrogens with zero attached hydrogens (tertiary/aromatic N) is 2. The topological polar surface area (TPSA) is 126 Å². The Balaban J connectivity index is 2.41. The highest BCUT2D eigenvalue weighted by Gasteiger charge is 2.10. The number of nitrogens with two attached hydrogens (primary N) is 2. The van der Waals surface area contributed by atoms with Gasteiger partial charge in [0.25, 0.3) is 0 Å². The smallest absolute Gasteiger partial charge is 0.229 e. The fourth-order valence-electron chi connectivity index (χ4n) is 1.93. The summed E-state index contributed by atoms with van der Waals surface area (Å²) in [7, 11) is 1.76. The number of nitrogen functional groups attached to an aromatic ring is 2. The lowest BCUT2D eigenvalue weighted by Gasteiger charge is -2.13. The highest BCUT2D eigenvalue weighted by molar-refractivity contribution is 5.93. The molecular formula is C13H17N7. The van der Waals surface area contributed by atoms with Crippen LogP contribution in [0.15, 0.2) is 18.2 Å². The van der Waals surface area contributed by atoms with Crippen molar-refractivity contribution in [3.8, 4) is 0 Å². The summed E-state index contributed by atoms with van der Waals surface area (Å²) in [5.41, 5.74) is 14.9. The third-order valence-electron chi connectivity index (χ3n) is 2.90. The van der Waals surface area contributed by atoms with Gasteiger partial charge in [-0.15, -0.1) is 0 Å². The molecule has 0 fully saturated rings. The molecule has 2 aromatic rings. The Labute approximate surface area is 116 Å². The molecule has 0 atom stereocenters. The lowest BCUT2D eigenvalue weighted by Crippen LogP contribution is -2.08. The molecule has 104 valence electrons. The van der Waals surface area contributed by atoms with Crippen LogP contribution in [-0.4, -0.2) is 23.2 Å². The van der Waals surface area contributed by atoms with Crippen LogP contribution in [0.1, 0.15) is 11.3 Å².